The Balaban J connectivity index is 2.70. The van der Waals surface area contributed by atoms with Crippen LogP contribution in [0.15, 0.2) is 18.2 Å². The fraction of sp³-hybridized carbons (Fsp3) is 0.538. The molecule has 0 amide bonds. The van der Waals surface area contributed by atoms with Crippen LogP contribution in [0, 0.1) is 10.1 Å². The molecular formula is C13H17F3N2O3. The maximum atomic E-state index is 12.9. The fourth-order valence-electron chi connectivity index (χ4n) is 1.64. The molecule has 0 aliphatic rings. The van der Waals surface area contributed by atoms with E-state index in [1.54, 1.807) is 0 Å². The van der Waals surface area contributed by atoms with Crippen LogP contribution in [0.1, 0.15) is 25.3 Å². The second-order valence-electron chi connectivity index (χ2n) is 4.38. The molecule has 0 aliphatic heterocycles. The molecule has 1 rings (SSSR count). The lowest BCUT2D eigenvalue weighted by molar-refractivity contribution is -0.385. The van der Waals surface area contributed by atoms with E-state index in [0.29, 0.717) is 12.7 Å². The van der Waals surface area contributed by atoms with E-state index in [4.69, 9.17) is 4.74 Å². The topological polar surface area (TPSA) is 64.4 Å². The van der Waals surface area contributed by atoms with E-state index in [0.717, 1.165) is 25.0 Å². The van der Waals surface area contributed by atoms with Gasteiger partial charge in [-0.2, -0.15) is 13.2 Å². The van der Waals surface area contributed by atoms with E-state index in [-0.39, 0.29) is 18.8 Å². The smallest absolute Gasteiger partial charge is 0.382 e. The van der Waals surface area contributed by atoms with Gasteiger partial charge >= 0.3 is 6.18 Å². The molecule has 0 spiro atoms. The summed E-state index contributed by atoms with van der Waals surface area (Å²) in [7, 11) is 0. The van der Waals surface area contributed by atoms with Crippen LogP contribution in [0.3, 0.4) is 0 Å². The van der Waals surface area contributed by atoms with Crippen LogP contribution in [0.5, 0.6) is 0 Å². The number of unbranched alkanes of at least 4 members (excludes halogenated alkanes) is 1. The predicted molar refractivity (Wildman–Crippen MR) is 72.3 cm³/mol. The van der Waals surface area contributed by atoms with E-state index in [1.807, 2.05) is 6.92 Å². The Labute approximate surface area is 120 Å². The number of nitrogens with one attached hydrogen (secondary N) is 1. The van der Waals surface area contributed by atoms with Crippen molar-refractivity contribution in [2.45, 2.75) is 25.9 Å². The van der Waals surface area contributed by atoms with Crippen LogP contribution in [0.4, 0.5) is 24.5 Å². The van der Waals surface area contributed by atoms with Crippen molar-refractivity contribution in [3.8, 4) is 0 Å². The van der Waals surface area contributed by atoms with Crippen LogP contribution >= 0.6 is 0 Å². The number of rotatable bonds is 8. The number of non-ortho nitro benzene ring substituents is 1. The van der Waals surface area contributed by atoms with Gasteiger partial charge in [-0.25, -0.2) is 0 Å². The third kappa shape index (κ3) is 5.58. The minimum Gasteiger partial charge on any atom is -0.382 e. The lowest BCUT2D eigenvalue weighted by Crippen LogP contribution is -2.15. The number of alkyl halides is 3. The number of hydrogen-bond acceptors (Lipinski definition) is 4. The van der Waals surface area contributed by atoms with Gasteiger partial charge in [-0.3, -0.25) is 10.1 Å². The Morgan fingerprint density at radius 1 is 1.33 bits per heavy atom. The average Bonchev–Trinajstić information content (AvgIpc) is 2.41. The zero-order valence-electron chi connectivity index (χ0n) is 11.6. The van der Waals surface area contributed by atoms with Crippen LogP contribution in [0.25, 0.3) is 0 Å². The molecule has 1 aromatic carbocycles. The van der Waals surface area contributed by atoms with Crippen molar-refractivity contribution >= 4 is 11.4 Å². The summed E-state index contributed by atoms with van der Waals surface area (Å²) in [5.74, 6) is 0. The van der Waals surface area contributed by atoms with Gasteiger partial charge in [0.15, 0.2) is 0 Å². The molecule has 1 N–H and O–H groups in total. The fourth-order valence-corrected chi connectivity index (χ4v) is 1.64. The maximum Gasteiger partial charge on any atom is 0.418 e. The largest absolute Gasteiger partial charge is 0.418 e. The number of anilines is 1. The monoisotopic (exact) mass is 306 g/mol. The van der Waals surface area contributed by atoms with E-state index in [9.17, 15) is 23.3 Å². The summed E-state index contributed by atoms with van der Waals surface area (Å²) < 4.78 is 43.9. The maximum absolute atomic E-state index is 12.9. The third-order valence-corrected chi connectivity index (χ3v) is 2.72. The summed E-state index contributed by atoms with van der Waals surface area (Å²) in [6.45, 7) is 3.04. The molecule has 1 aromatic rings. The van der Waals surface area contributed by atoms with Gasteiger partial charge in [-0.1, -0.05) is 13.3 Å². The standard InChI is InChI=1S/C13H17F3N2O3/c1-2-3-7-21-8-6-17-12-5-4-10(18(19)20)9-11(12)13(14,15)16/h4-5,9,17H,2-3,6-8H2,1H3. The number of hydrogen-bond donors (Lipinski definition) is 1. The Morgan fingerprint density at radius 3 is 2.62 bits per heavy atom. The summed E-state index contributed by atoms with van der Waals surface area (Å²) in [5, 5.41) is 13.1. The first-order chi connectivity index (χ1) is 9.86. The molecule has 0 fully saturated rings. The van der Waals surface area contributed by atoms with E-state index >= 15 is 0 Å². The highest BCUT2D eigenvalue weighted by Gasteiger charge is 2.35. The van der Waals surface area contributed by atoms with Crippen molar-refractivity contribution in [1.82, 2.24) is 0 Å². The van der Waals surface area contributed by atoms with Crippen molar-refractivity contribution in [3.05, 3.63) is 33.9 Å². The Kier molecular flexibility index (Phi) is 6.41. The van der Waals surface area contributed by atoms with Crippen LogP contribution < -0.4 is 5.32 Å². The van der Waals surface area contributed by atoms with E-state index < -0.39 is 22.4 Å². The molecule has 21 heavy (non-hydrogen) atoms. The first-order valence-electron chi connectivity index (χ1n) is 6.53. The lowest BCUT2D eigenvalue weighted by atomic mass is 10.1. The van der Waals surface area contributed by atoms with Gasteiger partial charge in [0, 0.05) is 31.0 Å². The number of halogens is 3. The first-order valence-corrected chi connectivity index (χ1v) is 6.53. The molecule has 0 atom stereocenters. The van der Waals surface area contributed by atoms with E-state index in [2.05, 4.69) is 5.32 Å². The summed E-state index contributed by atoms with van der Waals surface area (Å²) >= 11 is 0. The lowest BCUT2D eigenvalue weighted by Gasteiger charge is -2.14. The van der Waals surface area contributed by atoms with Gasteiger partial charge in [0.1, 0.15) is 0 Å². The van der Waals surface area contributed by atoms with Crippen molar-refractivity contribution < 1.29 is 22.8 Å². The highest BCUT2D eigenvalue weighted by molar-refractivity contribution is 5.57. The number of ether oxygens (including phenoxy) is 1. The minimum atomic E-state index is -4.66. The quantitative estimate of drug-likeness (QED) is 0.450. The molecule has 5 nitrogen and oxygen atoms in total. The number of benzene rings is 1. The van der Waals surface area contributed by atoms with Gasteiger partial charge < -0.3 is 10.1 Å². The van der Waals surface area contributed by atoms with Crippen LogP contribution in [-0.2, 0) is 10.9 Å². The minimum absolute atomic E-state index is 0.188. The van der Waals surface area contributed by atoms with Crippen molar-refractivity contribution in [1.29, 1.82) is 0 Å². The SMILES string of the molecule is CCCCOCCNc1ccc([N+](=O)[O-])cc1C(F)(F)F. The normalized spacial score (nSPS) is 11.4. The summed E-state index contributed by atoms with van der Waals surface area (Å²) in [4.78, 5) is 9.70. The summed E-state index contributed by atoms with van der Waals surface area (Å²) in [6.07, 6.45) is -2.78. The summed E-state index contributed by atoms with van der Waals surface area (Å²) in [5.41, 5.74) is -1.83. The zero-order chi connectivity index (χ0) is 15.9. The molecule has 0 heterocycles. The Hall–Kier alpha value is -1.83. The average molecular weight is 306 g/mol. The molecule has 0 saturated heterocycles. The molecule has 0 radical (unpaired) electrons. The molecule has 8 heteroatoms. The second-order valence-corrected chi connectivity index (χ2v) is 4.38. The molecule has 0 saturated carbocycles. The highest BCUT2D eigenvalue weighted by Crippen LogP contribution is 2.36. The molecule has 0 bridgehead atoms. The molecule has 118 valence electrons. The second kappa shape index (κ2) is 7.82. The van der Waals surface area contributed by atoms with Crippen molar-refractivity contribution in [3.63, 3.8) is 0 Å². The summed E-state index contributed by atoms with van der Waals surface area (Å²) in [6, 6.07) is 2.63. The van der Waals surface area contributed by atoms with E-state index in [1.165, 1.54) is 0 Å². The molecule has 0 aromatic heterocycles. The number of nitro groups is 1. The van der Waals surface area contributed by atoms with Gasteiger partial charge in [0.2, 0.25) is 0 Å². The van der Waals surface area contributed by atoms with Crippen LogP contribution in [0.2, 0.25) is 0 Å². The first kappa shape index (κ1) is 17.2. The highest BCUT2D eigenvalue weighted by atomic mass is 19.4. The van der Waals surface area contributed by atoms with Gasteiger partial charge in [0.25, 0.3) is 5.69 Å². The van der Waals surface area contributed by atoms with Crippen LogP contribution in [-0.4, -0.2) is 24.7 Å². The Bertz CT molecular complexity index is 478. The molecular weight excluding hydrogens is 289 g/mol. The number of nitro benzene ring substituents is 1. The number of nitrogens with zero attached hydrogens (tertiary/aromatic N) is 1. The molecule has 0 unspecified atom stereocenters. The Morgan fingerprint density at radius 2 is 2.05 bits per heavy atom. The van der Waals surface area contributed by atoms with Crippen molar-refractivity contribution in [2.75, 3.05) is 25.1 Å². The zero-order valence-corrected chi connectivity index (χ0v) is 11.6. The van der Waals surface area contributed by atoms with Crippen molar-refractivity contribution in [2.24, 2.45) is 0 Å². The van der Waals surface area contributed by atoms with Gasteiger partial charge in [0.05, 0.1) is 17.1 Å². The van der Waals surface area contributed by atoms with Gasteiger partial charge in [-0.05, 0) is 12.5 Å². The predicted octanol–water partition coefficient (Wildman–Crippen LogP) is 3.84. The molecule has 0 aliphatic carbocycles. The van der Waals surface area contributed by atoms with Gasteiger partial charge in [-0.15, -0.1) is 0 Å². The third-order valence-electron chi connectivity index (χ3n) is 2.72.